The van der Waals surface area contributed by atoms with Crippen molar-refractivity contribution >= 4 is 17.1 Å². The highest BCUT2D eigenvalue weighted by Gasteiger charge is 2.12. The summed E-state index contributed by atoms with van der Waals surface area (Å²) in [6.45, 7) is 3.81. The van der Waals surface area contributed by atoms with Crippen molar-refractivity contribution in [3.05, 3.63) is 16.1 Å². The summed E-state index contributed by atoms with van der Waals surface area (Å²) in [6, 6.07) is -0.0815. The number of hydrogen-bond acceptors (Lipinski definition) is 4. The van der Waals surface area contributed by atoms with Gasteiger partial charge in [0.05, 0.1) is 23.2 Å². The third-order valence-electron chi connectivity index (χ3n) is 1.94. The molecule has 13 heavy (non-hydrogen) atoms. The Morgan fingerprint density at radius 1 is 1.77 bits per heavy atom. The van der Waals surface area contributed by atoms with E-state index < -0.39 is 0 Å². The smallest absolute Gasteiger partial charge is 0.155 e. The van der Waals surface area contributed by atoms with E-state index in [0.717, 1.165) is 10.7 Å². The highest BCUT2D eigenvalue weighted by Crippen LogP contribution is 2.09. The van der Waals surface area contributed by atoms with Crippen molar-refractivity contribution < 1.29 is 4.79 Å². The lowest BCUT2D eigenvalue weighted by molar-refractivity contribution is -0.119. The number of carbonyl (C=O) groups is 1. The van der Waals surface area contributed by atoms with Gasteiger partial charge in [-0.2, -0.15) is 0 Å². The summed E-state index contributed by atoms with van der Waals surface area (Å²) in [5.74, 6) is 0.188. The molecule has 1 atom stereocenters. The molecule has 1 aromatic rings. The van der Waals surface area contributed by atoms with Crippen LogP contribution >= 0.6 is 11.3 Å². The molecule has 1 rings (SSSR count). The van der Waals surface area contributed by atoms with Gasteiger partial charge in [-0.25, -0.2) is 4.98 Å². The molecule has 0 spiro atoms. The first-order valence-corrected chi connectivity index (χ1v) is 5.12. The third-order valence-corrected chi connectivity index (χ3v) is 2.76. The average Bonchev–Trinajstić information content (AvgIpc) is 2.49. The van der Waals surface area contributed by atoms with E-state index in [1.54, 1.807) is 18.4 Å². The molecule has 0 bridgehead atoms. The number of nitrogens with zero attached hydrogens (tertiary/aromatic N) is 1. The Bertz CT molecular complexity index is 296. The Morgan fingerprint density at radius 3 is 2.92 bits per heavy atom. The van der Waals surface area contributed by atoms with Crippen molar-refractivity contribution in [2.75, 3.05) is 7.05 Å². The quantitative estimate of drug-likeness (QED) is 0.789. The fraction of sp³-hybridized carbons (Fsp3) is 0.556. The van der Waals surface area contributed by atoms with E-state index in [4.69, 9.17) is 0 Å². The Morgan fingerprint density at radius 2 is 2.46 bits per heavy atom. The van der Waals surface area contributed by atoms with E-state index in [-0.39, 0.29) is 11.8 Å². The number of ketones is 1. The van der Waals surface area contributed by atoms with Gasteiger partial charge in [0.1, 0.15) is 0 Å². The predicted molar refractivity (Wildman–Crippen MR) is 54.1 cm³/mol. The molecule has 0 amide bonds. The standard InChI is InChI=1S/C9H14N2OS/c1-6(10-3)9(12)4-8-5-13-7(2)11-8/h5-6,10H,4H2,1-3H3. The summed E-state index contributed by atoms with van der Waals surface area (Å²) in [6.07, 6.45) is 0.437. The first-order chi connectivity index (χ1) is 6.13. The Hall–Kier alpha value is -0.740. The van der Waals surface area contributed by atoms with E-state index in [0.29, 0.717) is 6.42 Å². The number of aromatic nitrogens is 1. The average molecular weight is 198 g/mol. The number of likely N-dealkylation sites (N-methyl/N-ethyl adjacent to an activating group) is 1. The summed E-state index contributed by atoms with van der Waals surface area (Å²) in [4.78, 5) is 15.7. The molecule has 0 radical (unpaired) electrons. The molecule has 0 aliphatic rings. The number of rotatable bonds is 4. The number of carbonyl (C=O) groups excluding carboxylic acids is 1. The summed E-state index contributed by atoms with van der Waals surface area (Å²) in [5, 5.41) is 5.87. The van der Waals surface area contributed by atoms with Crippen molar-refractivity contribution in [1.29, 1.82) is 0 Å². The molecule has 3 nitrogen and oxygen atoms in total. The minimum Gasteiger partial charge on any atom is -0.311 e. The fourth-order valence-electron chi connectivity index (χ4n) is 0.982. The summed E-state index contributed by atoms with van der Waals surface area (Å²) < 4.78 is 0. The molecular formula is C9H14N2OS. The zero-order valence-electron chi connectivity index (χ0n) is 8.13. The normalized spacial score (nSPS) is 12.8. The van der Waals surface area contributed by atoms with E-state index in [2.05, 4.69) is 10.3 Å². The Kier molecular flexibility index (Phi) is 3.57. The van der Waals surface area contributed by atoms with Gasteiger partial charge >= 0.3 is 0 Å². The van der Waals surface area contributed by atoms with Gasteiger partial charge in [0, 0.05) is 5.38 Å². The maximum absolute atomic E-state index is 11.5. The van der Waals surface area contributed by atoms with Crippen LogP contribution in [-0.2, 0) is 11.2 Å². The SMILES string of the molecule is CNC(C)C(=O)Cc1csc(C)n1. The van der Waals surface area contributed by atoms with E-state index in [1.807, 2.05) is 19.2 Å². The first-order valence-electron chi connectivity index (χ1n) is 4.24. The topological polar surface area (TPSA) is 42.0 Å². The van der Waals surface area contributed by atoms with E-state index in [9.17, 15) is 4.79 Å². The zero-order valence-corrected chi connectivity index (χ0v) is 8.94. The van der Waals surface area contributed by atoms with Crippen LogP contribution in [0.3, 0.4) is 0 Å². The molecule has 0 aliphatic heterocycles. The molecule has 0 fully saturated rings. The van der Waals surface area contributed by atoms with Crippen molar-refractivity contribution in [1.82, 2.24) is 10.3 Å². The van der Waals surface area contributed by atoms with Crippen LogP contribution in [0.2, 0.25) is 0 Å². The van der Waals surface area contributed by atoms with Crippen molar-refractivity contribution in [3.63, 3.8) is 0 Å². The second kappa shape index (κ2) is 4.48. The number of thiazole rings is 1. The van der Waals surface area contributed by atoms with E-state index in [1.165, 1.54) is 0 Å². The number of hydrogen-bond donors (Lipinski definition) is 1. The van der Waals surface area contributed by atoms with Crippen molar-refractivity contribution in [2.24, 2.45) is 0 Å². The van der Waals surface area contributed by atoms with Crippen LogP contribution in [0.15, 0.2) is 5.38 Å². The lowest BCUT2D eigenvalue weighted by atomic mass is 10.1. The van der Waals surface area contributed by atoms with Gasteiger partial charge in [-0.15, -0.1) is 11.3 Å². The second-order valence-electron chi connectivity index (χ2n) is 3.01. The van der Waals surface area contributed by atoms with Gasteiger partial charge in [0.2, 0.25) is 0 Å². The van der Waals surface area contributed by atoms with Crippen LogP contribution in [0.1, 0.15) is 17.6 Å². The molecule has 72 valence electrons. The second-order valence-corrected chi connectivity index (χ2v) is 4.07. The Labute approximate surface area is 82.2 Å². The highest BCUT2D eigenvalue weighted by molar-refractivity contribution is 7.09. The predicted octanol–water partition coefficient (Wildman–Crippen LogP) is 1.17. The third kappa shape index (κ3) is 2.90. The van der Waals surface area contributed by atoms with Gasteiger partial charge in [-0.05, 0) is 20.9 Å². The number of aryl methyl sites for hydroxylation is 1. The highest BCUT2D eigenvalue weighted by atomic mass is 32.1. The van der Waals surface area contributed by atoms with Crippen molar-refractivity contribution in [2.45, 2.75) is 26.3 Å². The molecule has 1 aromatic heterocycles. The Balaban J connectivity index is 2.54. The first kappa shape index (κ1) is 10.3. The number of Topliss-reactive ketones (excluding diaryl/α,β-unsaturated/α-hetero) is 1. The van der Waals surface area contributed by atoms with Crippen LogP contribution in [0.25, 0.3) is 0 Å². The van der Waals surface area contributed by atoms with Gasteiger partial charge in [0.15, 0.2) is 5.78 Å². The minimum absolute atomic E-state index is 0.0815. The molecule has 0 aromatic carbocycles. The minimum atomic E-state index is -0.0815. The van der Waals surface area contributed by atoms with Gasteiger partial charge in [-0.3, -0.25) is 4.79 Å². The van der Waals surface area contributed by atoms with Crippen LogP contribution in [0, 0.1) is 6.92 Å². The lowest BCUT2D eigenvalue weighted by Crippen LogP contribution is -2.31. The van der Waals surface area contributed by atoms with E-state index >= 15 is 0 Å². The molecule has 0 aliphatic carbocycles. The lowest BCUT2D eigenvalue weighted by Gasteiger charge is -2.06. The van der Waals surface area contributed by atoms with Gasteiger partial charge in [-0.1, -0.05) is 0 Å². The molecule has 0 saturated heterocycles. The molecule has 4 heteroatoms. The van der Waals surface area contributed by atoms with Crippen LogP contribution in [0.5, 0.6) is 0 Å². The van der Waals surface area contributed by atoms with Crippen LogP contribution in [-0.4, -0.2) is 23.9 Å². The van der Waals surface area contributed by atoms with Gasteiger partial charge < -0.3 is 5.32 Å². The van der Waals surface area contributed by atoms with Gasteiger partial charge in [0.25, 0.3) is 0 Å². The van der Waals surface area contributed by atoms with Crippen molar-refractivity contribution in [3.8, 4) is 0 Å². The molecule has 1 heterocycles. The largest absolute Gasteiger partial charge is 0.311 e. The summed E-state index contributed by atoms with van der Waals surface area (Å²) >= 11 is 1.58. The maximum atomic E-state index is 11.5. The van der Waals surface area contributed by atoms with Crippen LogP contribution < -0.4 is 5.32 Å². The summed E-state index contributed by atoms with van der Waals surface area (Å²) in [7, 11) is 1.79. The zero-order chi connectivity index (χ0) is 9.84. The monoisotopic (exact) mass is 198 g/mol. The maximum Gasteiger partial charge on any atom is 0.155 e. The summed E-state index contributed by atoms with van der Waals surface area (Å²) in [5.41, 5.74) is 0.884. The molecular weight excluding hydrogens is 184 g/mol. The number of nitrogens with one attached hydrogen (secondary N) is 1. The molecule has 1 N–H and O–H groups in total. The van der Waals surface area contributed by atoms with Crippen LogP contribution in [0.4, 0.5) is 0 Å². The fourth-order valence-corrected chi connectivity index (χ4v) is 1.59. The molecule has 1 unspecified atom stereocenters. The molecule has 0 saturated carbocycles.